The van der Waals surface area contributed by atoms with Crippen molar-refractivity contribution in [1.82, 2.24) is 9.36 Å². The molecule has 0 aliphatic heterocycles. The zero-order valence-electron chi connectivity index (χ0n) is 6.42. The molecule has 0 amide bonds. The summed E-state index contributed by atoms with van der Waals surface area (Å²) >= 11 is 1.31. The van der Waals surface area contributed by atoms with Gasteiger partial charge in [-0.25, -0.2) is 4.98 Å². The Balaban J connectivity index is 2.59. The summed E-state index contributed by atoms with van der Waals surface area (Å²) in [6, 6.07) is 0. The quantitative estimate of drug-likeness (QED) is 0.583. The van der Waals surface area contributed by atoms with Crippen molar-refractivity contribution in [3.05, 3.63) is 10.8 Å². The zero-order chi connectivity index (χ0) is 8.10. The van der Waals surface area contributed by atoms with Crippen LogP contribution in [0.15, 0.2) is 0 Å². The van der Waals surface area contributed by atoms with Gasteiger partial charge in [-0.3, -0.25) is 0 Å². The van der Waals surface area contributed by atoms with Crippen LogP contribution < -0.4 is 0 Å². The number of hydrogen-bond donors (Lipinski definition) is 0. The van der Waals surface area contributed by atoms with Gasteiger partial charge in [0, 0.05) is 7.11 Å². The lowest BCUT2D eigenvalue weighted by Crippen LogP contribution is -1.81. The topological polar surface area (TPSA) is 35.0 Å². The lowest BCUT2D eigenvalue weighted by atomic mass is 10.6. The largest absolute Gasteiger partial charge is 0.372 e. The van der Waals surface area contributed by atoms with E-state index >= 15 is 0 Å². The molecule has 11 heavy (non-hydrogen) atoms. The van der Waals surface area contributed by atoms with Gasteiger partial charge in [-0.1, -0.05) is 5.92 Å². The SMILES string of the molecule is COCC#Cc1nc(C)ns1. The Morgan fingerprint density at radius 1 is 1.64 bits per heavy atom. The maximum absolute atomic E-state index is 4.75. The molecule has 0 fully saturated rings. The van der Waals surface area contributed by atoms with Crippen molar-refractivity contribution in [1.29, 1.82) is 0 Å². The Morgan fingerprint density at radius 3 is 3.00 bits per heavy atom. The Labute approximate surface area is 69.6 Å². The molecule has 0 aliphatic rings. The lowest BCUT2D eigenvalue weighted by molar-refractivity contribution is 0.240. The summed E-state index contributed by atoms with van der Waals surface area (Å²) in [6.07, 6.45) is 0. The molecule has 0 atom stereocenters. The van der Waals surface area contributed by atoms with Gasteiger partial charge in [-0.05, 0) is 24.4 Å². The van der Waals surface area contributed by atoms with E-state index in [9.17, 15) is 0 Å². The summed E-state index contributed by atoms with van der Waals surface area (Å²) in [4.78, 5) is 4.06. The van der Waals surface area contributed by atoms with Crippen molar-refractivity contribution in [3.63, 3.8) is 0 Å². The smallest absolute Gasteiger partial charge is 0.186 e. The minimum atomic E-state index is 0.443. The number of nitrogens with zero attached hydrogens (tertiary/aromatic N) is 2. The number of ether oxygens (including phenoxy) is 1. The van der Waals surface area contributed by atoms with Crippen LogP contribution in [0, 0.1) is 18.8 Å². The van der Waals surface area contributed by atoms with Crippen molar-refractivity contribution >= 4 is 11.5 Å². The predicted octanol–water partition coefficient (Wildman–Crippen LogP) is 0.844. The van der Waals surface area contributed by atoms with Crippen LogP contribution in [0.2, 0.25) is 0 Å². The van der Waals surface area contributed by atoms with Crippen LogP contribution in [0.3, 0.4) is 0 Å². The van der Waals surface area contributed by atoms with E-state index in [1.807, 2.05) is 6.92 Å². The highest BCUT2D eigenvalue weighted by molar-refractivity contribution is 7.06. The first-order valence-corrected chi connectivity index (χ1v) is 3.88. The van der Waals surface area contributed by atoms with Crippen molar-refractivity contribution in [2.45, 2.75) is 6.92 Å². The minimum Gasteiger partial charge on any atom is -0.372 e. The molecular formula is C7H8N2OS. The molecule has 0 aliphatic carbocycles. The third kappa shape index (κ3) is 2.66. The van der Waals surface area contributed by atoms with E-state index in [1.54, 1.807) is 7.11 Å². The first kappa shape index (κ1) is 8.18. The molecule has 0 spiro atoms. The van der Waals surface area contributed by atoms with E-state index in [4.69, 9.17) is 4.74 Å². The van der Waals surface area contributed by atoms with E-state index in [0.717, 1.165) is 10.8 Å². The van der Waals surface area contributed by atoms with Gasteiger partial charge in [-0.15, -0.1) is 0 Å². The van der Waals surface area contributed by atoms with E-state index in [1.165, 1.54) is 11.5 Å². The highest BCUT2D eigenvalue weighted by Gasteiger charge is 1.92. The average Bonchev–Trinajstić information content (AvgIpc) is 2.37. The minimum absolute atomic E-state index is 0.443. The summed E-state index contributed by atoms with van der Waals surface area (Å²) in [5.74, 6) is 6.41. The van der Waals surface area contributed by atoms with Gasteiger partial charge in [0.2, 0.25) is 0 Å². The van der Waals surface area contributed by atoms with E-state index < -0.39 is 0 Å². The highest BCUT2D eigenvalue weighted by atomic mass is 32.1. The van der Waals surface area contributed by atoms with Crippen LogP contribution in [-0.4, -0.2) is 23.1 Å². The van der Waals surface area contributed by atoms with Crippen LogP contribution in [-0.2, 0) is 4.74 Å². The number of methoxy groups -OCH3 is 1. The van der Waals surface area contributed by atoms with Crippen LogP contribution in [0.25, 0.3) is 0 Å². The van der Waals surface area contributed by atoms with Crippen molar-refractivity contribution in [2.24, 2.45) is 0 Å². The van der Waals surface area contributed by atoms with Crippen LogP contribution >= 0.6 is 11.5 Å². The van der Waals surface area contributed by atoms with Crippen molar-refractivity contribution in [2.75, 3.05) is 13.7 Å². The molecule has 3 nitrogen and oxygen atoms in total. The van der Waals surface area contributed by atoms with Gasteiger partial charge in [0.1, 0.15) is 12.4 Å². The summed E-state index contributed by atoms with van der Waals surface area (Å²) in [5.41, 5.74) is 0. The number of hydrogen-bond acceptors (Lipinski definition) is 4. The van der Waals surface area contributed by atoms with Gasteiger partial charge in [0.15, 0.2) is 5.01 Å². The zero-order valence-corrected chi connectivity index (χ0v) is 7.23. The first-order valence-electron chi connectivity index (χ1n) is 3.11. The van der Waals surface area contributed by atoms with E-state index in [2.05, 4.69) is 21.2 Å². The maximum atomic E-state index is 4.75. The molecule has 0 N–H and O–H groups in total. The molecule has 0 unspecified atom stereocenters. The maximum Gasteiger partial charge on any atom is 0.186 e. The second-order valence-corrected chi connectivity index (χ2v) is 2.63. The molecule has 0 aromatic carbocycles. The average molecular weight is 168 g/mol. The molecule has 1 heterocycles. The van der Waals surface area contributed by atoms with Gasteiger partial charge < -0.3 is 4.74 Å². The summed E-state index contributed by atoms with van der Waals surface area (Å²) in [5, 5.41) is 0.750. The molecule has 1 aromatic rings. The molecular weight excluding hydrogens is 160 g/mol. The number of aromatic nitrogens is 2. The Hall–Kier alpha value is -0.920. The molecule has 58 valence electrons. The molecule has 0 bridgehead atoms. The van der Waals surface area contributed by atoms with Crippen LogP contribution in [0.1, 0.15) is 10.8 Å². The fourth-order valence-electron chi connectivity index (χ4n) is 0.532. The fraction of sp³-hybridized carbons (Fsp3) is 0.429. The summed E-state index contributed by atoms with van der Waals surface area (Å²) in [6.45, 7) is 2.29. The summed E-state index contributed by atoms with van der Waals surface area (Å²) < 4.78 is 8.74. The standard InChI is InChI=1S/C7H8N2OS/c1-6-8-7(11-9-6)4-3-5-10-2/h5H2,1-2H3. The second kappa shape index (κ2) is 4.06. The van der Waals surface area contributed by atoms with Gasteiger partial charge in [-0.2, -0.15) is 4.37 Å². The lowest BCUT2D eigenvalue weighted by Gasteiger charge is -1.80. The normalized spacial score (nSPS) is 8.91. The van der Waals surface area contributed by atoms with Gasteiger partial charge in [0.25, 0.3) is 0 Å². The van der Waals surface area contributed by atoms with E-state index in [-0.39, 0.29) is 0 Å². The van der Waals surface area contributed by atoms with Crippen LogP contribution in [0.4, 0.5) is 0 Å². The number of aryl methyl sites for hydroxylation is 1. The second-order valence-electron chi connectivity index (χ2n) is 1.88. The molecule has 1 rings (SSSR count). The monoisotopic (exact) mass is 168 g/mol. The highest BCUT2D eigenvalue weighted by Crippen LogP contribution is 2.00. The molecule has 4 heteroatoms. The van der Waals surface area contributed by atoms with Crippen LogP contribution in [0.5, 0.6) is 0 Å². The molecule has 1 aromatic heterocycles. The van der Waals surface area contributed by atoms with Gasteiger partial charge in [0.05, 0.1) is 0 Å². The predicted molar refractivity (Wildman–Crippen MR) is 43.4 cm³/mol. The number of rotatable bonds is 1. The van der Waals surface area contributed by atoms with Crippen molar-refractivity contribution in [3.8, 4) is 11.8 Å². The van der Waals surface area contributed by atoms with Gasteiger partial charge >= 0.3 is 0 Å². The molecule has 0 saturated heterocycles. The van der Waals surface area contributed by atoms with E-state index in [0.29, 0.717) is 6.61 Å². The first-order chi connectivity index (χ1) is 5.33. The fourth-order valence-corrected chi connectivity index (χ4v) is 1.08. The summed E-state index contributed by atoms with van der Waals surface area (Å²) in [7, 11) is 1.61. The van der Waals surface area contributed by atoms with Crippen molar-refractivity contribution < 1.29 is 4.74 Å². The molecule has 0 saturated carbocycles. The Kier molecular flexibility index (Phi) is 3.02. The Bertz CT molecular complexity index is 284. The third-order valence-electron chi connectivity index (χ3n) is 0.939. The molecule has 0 radical (unpaired) electrons. The third-order valence-corrected chi connectivity index (χ3v) is 1.66. The Morgan fingerprint density at radius 2 is 2.45 bits per heavy atom.